The molecule has 0 aromatic heterocycles. The topological polar surface area (TPSA) is 65.1 Å². The Bertz CT molecular complexity index is 310. The SMILES string of the molecule is COC(=O)CN1C[C@@H](OC)[C@H](OC)C1=C=O. The third-order valence-electron chi connectivity index (χ3n) is 2.56. The van der Waals surface area contributed by atoms with E-state index in [1.54, 1.807) is 10.8 Å². The molecule has 0 aromatic carbocycles. The molecule has 6 nitrogen and oxygen atoms in total. The Morgan fingerprint density at radius 2 is 2.12 bits per heavy atom. The Labute approximate surface area is 93.8 Å². The van der Waals surface area contributed by atoms with Crippen LogP contribution in [0.25, 0.3) is 0 Å². The summed E-state index contributed by atoms with van der Waals surface area (Å²) in [6.07, 6.45) is -0.752. The van der Waals surface area contributed by atoms with E-state index in [4.69, 9.17) is 9.47 Å². The fourth-order valence-corrected chi connectivity index (χ4v) is 1.72. The standard InChI is InChI=1S/C10H15NO5/c1-14-8-4-11(5-9(13)15-2)7(6-12)10(8)16-3/h8,10H,4-5H2,1-3H3/t8-,10-/m1/s1. The van der Waals surface area contributed by atoms with Gasteiger partial charge in [0.1, 0.15) is 30.4 Å². The summed E-state index contributed by atoms with van der Waals surface area (Å²) in [5.41, 5.74) is 0.291. The average molecular weight is 229 g/mol. The molecule has 1 heterocycles. The van der Waals surface area contributed by atoms with Crippen molar-refractivity contribution in [3.8, 4) is 0 Å². The normalized spacial score (nSPS) is 24.4. The fourth-order valence-electron chi connectivity index (χ4n) is 1.72. The number of ether oxygens (including phenoxy) is 3. The summed E-state index contributed by atoms with van der Waals surface area (Å²) in [5.74, 6) is 1.37. The van der Waals surface area contributed by atoms with Crippen molar-refractivity contribution in [1.29, 1.82) is 0 Å². The molecule has 0 aliphatic carbocycles. The number of nitrogens with zero attached hydrogens (tertiary/aromatic N) is 1. The molecule has 0 N–H and O–H groups in total. The van der Waals surface area contributed by atoms with Crippen molar-refractivity contribution in [3.63, 3.8) is 0 Å². The predicted molar refractivity (Wildman–Crippen MR) is 54.4 cm³/mol. The van der Waals surface area contributed by atoms with E-state index in [0.717, 1.165) is 0 Å². The summed E-state index contributed by atoms with van der Waals surface area (Å²) in [5, 5.41) is 0. The lowest BCUT2D eigenvalue weighted by atomic mass is 10.2. The second-order valence-corrected chi connectivity index (χ2v) is 3.37. The van der Waals surface area contributed by atoms with Gasteiger partial charge < -0.3 is 19.1 Å². The lowest BCUT2D eigenvalue weighted by Crippen LogP contribution is -2.29. The molecular formula is C10H15NO5. The molecule has 1 saturated heterocycles. The number of likely N-dealkylation sites (tertiary alicyclic amines) is 1. The van der Waals surface area contributed by atoms with E-state index in [0.29, 0.717) is 12.2 Å². The number of esters is 1. The van der Waals surface area contributed by atoms with Crippen molar-refractivity contribution < 1.29 is 23.8 Å². The third kappa shape index (κ3) is 2.41. The van der Waals surface area contributed by atoms with Gasteiger partial charge in [-0.2, -0.15) is 0 Å². The fraction of sp³-hybridized carbons (Fsp3) is 0.700. The van der Waals surface area contributed by atoms with Crippen LogP contribution in [0.5, 0.6) is 0 Å². The number of hydrogen-bond acceptors (Lipinski definition) is 6. The van der Waals surface area contributed by atoms with E-state index >= 15 is 0 Å². The van der Waals surface area contributed by atoms with Crippen LogP contribution in [0.2, 0.25) is 0 Å². The molecule has 0 spiro atoms. The van der Waals surface area contributed by atoms with Crippen LogP contribution in [-0.4, -0.2) is 63.4 Å². The Morgan fingerprint density at radius 3 is 2.56 bits per heavy atom. The molecule has 1 fully saturated rings. The minimum Gasteiger partial charge on any atom is -0.468 e. The highest BCUT2D eigenvalue weighted by Gasteiger charge is 2.39. The van der Waals surface area contributed by atoms with Gasteiger partial charge in [0.05, 0.1) is 7.11 Å². The molecule has 1 aliphatic rings. The molecule has 0 amide bonds. The molecule has 0 radical (unpaired) electrons. The smallest absolute Gasteiger partial charge is 0.325 e. The van der Waals surface area contributed by atoms with E-state index in [-0.39, 0.29) is 12.6 Å². The van der Waals surface area contributed by atoms with Gasteiger partial charge in [0.2, 0.25) is 0 Å². The van der Waals surface area contributed by atoms with Crippen molar-refractivity contribution in [3.05, 3.63) is 5.70 Å². The Kier molecular flexibility index (Phi) is 4.49. The monoisotopic (exact) mass is 229 g/mol. The predicted octanol–water partition coefficient (Wildman–Crippen LogP) is -0.779. The minimum atomic E-state index is -0.479. The highest BCUT2D eigenvalue weighted by Crippen LogP contribution is 2.24. The highest BCUT2D eigenvalue weighted by molar-refractivity contribution is 5.72. The summed E-state index contributed by atoms with van der Waals surface area (Å²) >= 11 is 0. The van der Waals surface area contributed by atoms with Crippen molar-refractivity contribution >= 4 is 11.9 Å². The molecule has 0 saturated carbocycles. The van der Waals surface area contributed by atoms with Crippen LogP contribution in [-0.2, 0) is 23.8 Å². The number of rotatable bonds is 4. The van der Waals surface area contributed by atoms with Crippen LogP contribution in [0, 0.1) is 0 Å². The van der Waals surface area contributed by atoms with E-state index in [2.05, 4.69) is 4.74 Å². The van der Waals surface area contributed by atoms with Gasteiger partial charge in [-0.25, -0.2) is 4.79 Å². The maximum atomic E-state index is 11.1. The first-order valence-corrected chi connectivity index (χ1v) is 4.80. The zero-order chi connectivity index (χ0) is 12.1. The summed E-state index contributed by atoms with van der Waals surface area (Å²) < 4.78 is 14.9. The average Bonchev–Trinajstić information content (AvgIpc) is 2.65. The van der Waals surface area contributed by atoms with Crippen molar-refractivity contribution in [2.24, 2.45) is 0 Å². The lowest BCUT2D eigenvalue weighted by molar-refractivity contribution is -0.141. The van der Waals surface area contributed by atoms with Gasteiger partial charge in [0.15, 0.2) is 0 Å². The molecule has 0 aromatic rings. The first-order valence-electron chi connectivity index (χ1n) is 4.80. The minimum absolute atomic E-state index is 0.000787. The van der Waals surface area contributed by atoms with Gasteiger partial charge >= 0.3 is 5.97 Å². The van der Waals surface area contributed by atoms with Crippen molar-refractivity contribution in [2.75, 3.05) is 34.4 Å². The quantitative estimate of drug-likeness (QED) is 0.465. The Hall–Kier alpha value is -1.36. The van der Waals surface area contributed by atoms with Gasteiger partial charge in [-0.15, -0.1) is 0 Å². The van der Waals surface area contributed by atoms with Crippen LogP contribution >= 0.6 is 0 Å². The van der Waals surface area contributed by atoms with E-state index < -0.39 is 12.1 Å². The van der Waals surface area contributed by atoms with E-state index in [1.807, 2.05) is 0 Å². The molecule has 1 aliphatic heterocycles. The second-order valence-electron chi connectivity index (χ2n) is 3.37. The summed E-state index contributed by atoms with van der Waals surface area (Å²) in [6, 6.07) is 0. The molecule has 1 rings (SSSR count). The van der Waals surface area contributed by atoms with Crippen molar-refractivity contribution in [1.82, 2.24) is 4.90 Å². The van der Waals surface area contributed by atoms with Gasteiger partial charge in [-0.05, 0) is 0 Å². The van der Waals surface area contributed by atoms with Gasteiger partial charge in [-0.3, -0.25) is 4.79 Å². The largest absolute Gasteiger partial charge is 0.468 e. The van der Waals surface area contributed by atoms with Crippen LogP contribution in [0.4, 0.5) is 0 Å². The molecule has 2 atom stereocenters. The highest BCUT2D eigenvalue weighted by atomic mass is 16.5. The number of carbonyl (C=O) groups is 1. The lowest BCUT2D eigenvalue weighted by Gasteiger charge is -2.16. The van der Waals surface area contributed by atoms with E-state index in [1.165, 1.54) is 21.3 Å². The van der Waals surface area contributed by atoms with Crippen LogP contribution < -0.4 is 0 Å². The van der Waals surface area contributed by atoms with Crippen LogP contribution in [0.1, 0.15) is 0 Å². The number of methoxy groups -OCH3 is 3. The first kappa shape index (κ1) is 12.7. The molecule has 90 valence electrons. The number of carbonyl (C=O) groups excluding carboxylic acids is 2. The van der Waals surface area contributed by atoms with E-state index in [9.17, 15) is 9.59 Å². The number of hydrogen-bond donors (Lipinski definition) is 0. The Morgan fingerprint density at radius 1 is 1.44 bits per heavy atom. The maximum absolute atomic E-state index is 11.1. The van der Waals surface area contributed by atoms with Crippen molar-refractivity contribution in [2.45, 2.75) is 12.2 Å². The summed E-state index contributed by atoms with van der Waals surface area (Å²) in [7, 11) is 4.31. The van der Waals surface area contributed by atoms with Gasteiger partial charge in [-0.1, -0.05) is 0 Å². The summed E-state index contributed by atoms with van der Waals surface area (Å²) in [4.78, 5) is 23.5. The molecule has 6 heteroatoms. The molecule has 0 bridgehead atoms. The molecule has 16 heavy (non-hydrogen) atoms. The zero-order valence-corrected chi connectivity index (χ0v) is 9.56. The van der Waals surface area contributed by atoms with Gasteiger partial charge in [0, 0.05) is 20.8 Å². The molecule has 0 unspecified atom stereocenters. The third-order valence-corrected chi connectivity index (χ3v) is 2.56. The van der Waals surface area contributed by atoms with Gasteiger partial charge in [0.25, 0.3) is 0 Å². The second kappa shape index (κ2) is 5.65. The van der Waals surface area contributed by atoms with Crippen LogP contribution in [0.3, 0.4) is 0 Å². The maximum Gasteiger partial charge on any atom is 0.325 e. The Balaban J connectivity index is 2.80. The first-order chi connectivity index (χ1) is 7.67. The van der Waals surface area contributed by atoms with Crippen LogP contribution in [0.15, 0.2) is 5.70 Å². The summed E-state index contributed by atoms with van der Waals surface area (Å²) in [6.45, 7) is 0.412. The zero-order valence-electron chi connectivity index (χ0n) is 9.56. The molecular weight excluding hydrogens is 214 g/mol.